The number of benzene rings is 2. The van der Waals surface area contributed by atoms with Crippen LogP contribution in [0.25, 0.3) is 0 Å². The van der Waals surface area contributed by atoms with Gasteiger partial charge in [-0.05, 0) is 55.9 Å². The summed E-state index contributed by atoms with van der Waals surface area (Å²) in [6.45, 7) is 2.46. The Hall–Kier alpha value is -2.57. The molecule has 7 heteroatoms. The fourth-order valence-electron chi connectivity index (χ4n) is 3.76. The molecule has 160 valence electrons. The highest BCUT2D eigenvalue weighted by Crippen LogP contribution is 2.39. The lowest BCUT2D eigenvalue weighted by Crippen LogP contribution is -2.45. The van der Waals surface area contributed by atoms with Crippen molar-refractivity contribution in [2.45, 2.75) is 25.4 Å². The van der Waals surface area contributed by atoms with E-state index in [1.807, 2.05) is 61.5 Å². The zero-order valence-electron chi connectivity index (χ0n) is 17.7. The molecule has 0 aromatic heterocycles. The number of amides is 1. The van der Waals surface area contributed by atoms with E-state index in [-0.39, 0.29) is 11.8 Å². The number of nitrogens with zero attached hydrogens (tertiary/aromatic N) is 2. The van der Waals surface area contributed by atoms with Crippen LogP contribution in [-0.4, -0.2) is 57.2 Å². The zero-order valence-corrected chi connectivity index (χ0v) is 18.5. The number of anilines is 1. The van der Waals surface area contributed by atoms with Gasteiger partial charge < -0.3 is 19.3 Å². The maximum absolute atomic E-state index is 13.6. The Kier molecular flexibility index (Phi) is 7.00. The molecule has 30 heavy (non-hydrogen) atoms. The molecule has 0 aliphatic carbocycles. The Morgan fingerprint density at radius 1 is 1.20 bits per heavy atom. The summed E-state index contributed by atoms with van der Waals surface area (Å²) in [6, 6.07) is 13.0. The molecule has 0 unspecified atom stereocenters. The summed E-state index contributed by atoms with van der Waals surface area (Å²) in [7, 11) is 5.50. The largest absolute Gasteiger partial charge is 0.497 e. The van der Waals surface area contributed by atoms with Crippen molar-refractivity contribution >= 4 is 29.2 Å². The molecule has 3 rings (SSSR count). The van der Waals surface area contributed by atoms with Gasteiger partial charge in [0.1, 0.15) is 5.75 Å². The quantitative estimate of drug-likeness (QED) is 0.656. The predicted molar refractivity (Wildman–Crippen MR) is 117 cm³/mol. The molecule has 1 amide bonds. The first-order valence-corrected chi connectivity index (χ1v) is 10.2. The smallest absolute Gasteiger partial charge is 0.303 e. The van der Waals surface area contributed by atoms with E-state index >= 15 is 0 Å². The number of hydrogen-bond donors (Lipinski definition) is 0. The molecule has 1 aliphatic heterocycles. The first kappa shape index (κ1) is 22.1. The van der Waals surface area contributed by atoms with Crippen molar-refractivity contribution in [3.05, 3.63) is 58.6 Å². The summed E-state index contributed by atoms with van der Waals surface area (Å²) in [6.07, 6.45) is -0.467. The lowest BCUT2D eigenvalue weighted by atomic mass is 9.87. The number of carbonyl (C=O) groups excluding carboxylic acids is 2. The fraction of sp³-hybridized carbons (Fsp3) is 0.391. The monoisotopic (exact) mass is 430 g/mol. The third-order valence-electron chi connectivity index (χ3n) is 5.29. The molecule has 0 radical (unpaired) electrons. The highest BCUT2D eigenvalue weighted by Gasteiger charge is 2.40. The predicted octanol–water partition coefficient (Wildman–Crippen LogP) is 3.51. The average Bonchev–Trinajstić information content (AvgIpc) is 2.82. The average molecular weight is 431 g/mol. The van der Waals surface area contributed by atoms with Gasteiger partial charge in [0.05, 0.1) is 7.11 Å². The van der Waals surface area contributed by atoms with Crippen molar-refractivity contribution in [2.75, 3.05) is 39.2 Å². The summed E-state index contributed by atoms with van der Waals surface area (Å²) in [5.74, 6) is -0.380. The SMILES string of the molecule is COc1ccc([C@@H]2Cc3c(Cl)cccc3N(CCN(C)C)C(=O)[C@@H]2OC(C)=O)cc1. The lowest BCUT2D eigenvalue weighted by Gasteiger charge is -2.29. The van der Waals surface area contributed by atoms with E-state index in [4.69, 9.17) is 21.1 Å². The Bertz CT molecular complexity index is 914. The second-order valence-corrected chi connectivity index (χ2v) is 8.05. The van der Waals surface area contributed by atoms with Gasteiger partial charge in [0, 0.05) is 36.6 Å². The minimum atomic E-state index is -0.943. The molecule has 0 fully saturated rings. The summed E-state index contributed by atoms with van der Waals surface area (Å²) < 4.78 is 10.9. The number of hydrogen-bond acceptors (Lipinski definition) is 5. The molecule has 0 bridgehead atoms. The number of fused-ring (bicyclic) bond motifs is 1. The third kappa shape index (κ3) is 4.77. The molecule has 0 saturated heterocycles. The van der Waals surface area contributed by atoms with Gasteiger partial charge in [-0.15, -0.1) is 0 Å². The van der Waals surface area contributed by atoms with E-state index in [9.17, 15) is 9.59 Å². The Labute approximate surface area is 182 Å². The van der Waals surface area contributed by atoms with Gasteiger partial charge in [-0.25, -0.2) is 0 Å². The number of ether oxygens (including phenoxy) is 2. The topological polar surface area (TPSA) is 59.1 Å². The van der Waals surface area contributed by atoms with Crippen molar-refractivity contribution < 1.29 is 19.1 Å². The fourth-order valence-corrected chi connectivity index (χ4v) is 4.01. The lowest BCUT2D eigenvalue weighted by molar-refractivity contribution is -0.154. The molecule has 2 atom stereocenters. The zero-order chi connectivity index (χ0) is 21.8. The van der Waals surface area contributed by atoms with Gasteiger partial charge in [0.25, 0.3) is 5.91 Å². The highest BCUT2D eigenvalue weighted by atomic mass is 35.5. The van der Waals surface area contributed by atoms with E-state index in [2.05, 4.69) is 0 Å². The van der Waals surface area contributed by atoms with E-state index in [0.29, 0.717) is 30.3 Å². The molecule has 6 nitrogen and oxygen atoms in total. The molecular formula is C23H27ClN2O4. The first-order valence-electron chi connectivity index (χ1n) is 9.86. The summed E-state index contributed by atoms with van der Waals surface area (Å²) >= 11 is 6.57. The van der Waals surface area contributed by atoms with E-state index in [0.717, 1.165) is 16.8 Å². The van der Waals surface area contributed by atoms with Crippen LogP contribution in [0.1, 0.15) is 24.0 Å². The summed E-state index contributed by atoms with van der Waals surface area (Å²) in [4.78, 5) is 29.2. The van der Waals surface area contributed by atoms with Crippen LogP contribution in [0.4, 0.5) is 5.69 Å². The van der Waals surface area contributed by atoms with Crippen LogP contribution >= 0.6 is 11.6 Å². The molecule has 0 spiro atoms. The van der Waals surface area contributed by atoms with Crippen LogP contribution in [0, 0.1) is 0 Å². The van der Waals surface area contributed by atoms with Crippen LogP contribution in [0.2, 0.25) is 5.02 Å². The van der Waals surface area contributed by atoms with Crippen LogP contribution in [0.3, 0.4) is 0 Å². The standard InChI is InChI=1S/C23H27ClN2O4/c1-15(27)30-22-18(16-8-10-17(29-4)11-9-16)14-19-20(24)6-5-7-21(19)26(23(22)28)13-12-25(2)3/h5-11,18,22H,12-14H2,1-4H3/t18-,22+/m0/s1. The number of likely N-dealkylation sites (N-methyl/N-ethyl adjacent to an activating group) is 1. The Morgan fingerprint density at radius 3 is 2.50 bits per heavy atom. The molecule has 0 saturated carbocycles. The van der Waals surface area contributed by atoms with Crippen molar-refractivity contribution in [1.29, 1.82) is 0 Å². The Morgan fingerprint density at radius 2 is 1.90 bits per heavy atom. The molecular weight excluding hydrogens is 404 g/mol. The maximum Gasteiger partial charge on any atom is 0.303 e. The molecule has 2 aromatic carbocycles. The molecule has 1 heterocycles. The van der Waals surface area contributed by atoms with Gasteiger partial charge in [0.15, 0.2) is 6.10 Å². The normalized spacial score (nSPS) is 18.7. The molecule has 2 aromatic rings. The van der Waals surface area contributed by atoms with E-state index in [1.54, 1.807) is 12.0 Å². The van der Waals surface area contributed by atoms with Crippen LogP contribution in [-0.2, 0) is 20.7 Å². The first-order chi connectivity index (χ1) is 14.3. The summed E-state index contributed by atoms with van der Waals surface area (Å²) in [5.41, 5.74) is 2.53. The number of methoxy groups -OCH3 is 1. The van der Waals surface area contributed by atoms with E-state index < -0.39 is 12.1 Å². The van der Waals surface area contributed by atoms with Crippen LogP contribution in [0.15, 0.2) is 42.5 Å². The number of halogens is 1. The van der Waals surface area contributed by atoms with E-state index in [1.165, 1.54) is 6.92 Å². The van der Waals surface area contributed by atoms with Crippen molar-refractivity contribution in [3.8, 4) is 5.75 Å². The Balaban J connectivity index is 2.11. The second kappa shape index (κ2) is 9.49. The van der Waals surface area contributed by atoms with Crippen LogP contribution < -0.4 is 9.64 Å². The number of carbonyl (C=O) groups is 2. The maximum atomic E-state index is 13.6. The van der Waals surface area contributed by atoms with Gasteiger partial charge in [0.2, 0.25) is 0 Å². The molecule has 0 N–H and O–H groups in total. The summed E-state index contributed by atoms with van der Waals surface area (Å²) in [5, 5.41) is 0.595. The second-order valence-electron chi connectivity index (χ2n) is 7.64. The minimum Gasteiger partial charge on any atom is -0.497 e. The third-order valence-corrected chi connectivity index (χ3v) is 5.65. The van der Waals surface area contributed by atoms with Gasteiger partial charge >= 0.3 is 5.97 Å². The van der Waals surface area contributed by atoms with Gasteiger partial charge in [-0.3, -0.25) is 9.59 Å². The van der Waals surface area contributed by atoms with Crippen LogP contribution in [0.5, 0.6) is 5.75 Å². The number of rotatable bonds is 6. The highest BCUT2D eigenvalue weighted by molar-refractivity contribution is 6.32. The minimum absolute atomic E-state index is 0.242. The molecule has 1 aliphatic rings. The van der Waals surface area contributed by atoms with Crippen molar-refractivity contribution in [1.82, 2.24) is 4.90 Å². The van der Waals surface area contributed by atoms with Crippen molar-refractivity contribution in [2.24, 2.45) is 0 Å². The van der Waals surface area contributed by atoms with Crippen molar-refractivity contribution in [3.63, 3.8) is 0 Å². The number of esters is 1. The van der Waals surface area contributed by atoms with Gasteiger partial charge in [-0.1, -0.05) is 29.8 Å². The van der Waals surface area contributed by atoms with Gasteiger partial charge in [-0.2, -0.15) is 0 Å².